The number of hydrogen-bond donors (Lipinski definition) is 0. The predicted octanol–water partition coefficient (Wildman–Crippen LogP) is 4.56. The Kier molecular flexibility index (Phi) is 8.16. The normalized spacial score (nSPS) is 9.91. The van der Waals surface area contributed by atoms with Crippen LogP contribution in [-0.2, 0) is 18.0 Å². The van der Waals surface area contributed by atoms with E-state index in [1.54, 1.807) is 7.11 Å². The van der Waals surface area contributed by atoms with Gasteiger partial charge in [-0.1, -0.05) is 38.1 Å². The predicted molar refractivity (Wildman–Crippen MR) is 98.1 cm³/mol. The first kappa shape index (κ1) is 18.7. The first-order valence-corrected chi connectivity index (χ1v) is 8.24. The molecule has 0 aliphatic rings. The van der Waals surface area contributed by atoms with Gasteiger partial charge in [0.05, 0.1) is 6.61 Å². The molecule has 2 nitrogen and oxygen atoms in total. The standard InChI is InChI=1S/C17H21O2P.C2H6/c1-12-8-15(9-13(2)17(12)11-18-3)19-10-14-4-6-16(20)7-5-14;1-2/h4-9H,10-11,20H2,1-3H3;1-2H3. The van der Waals surface area contributed by atoms with E-state index in [1.807, 2.05) is 13.8 Å². The Morgan fingerprint density at radius 1 is 0.909 bits per heavy atom. The summed E-state index contributed by atoms with van der Waals surface area (Å²) in [7, 11) is 4.41. The molecule has 0 aliphatic heterocycles. The van der Waals surface area contributed by atoms with Gasteiger partial charge in [0.15, 0.2) is 0 Å². The molecule has 0 saturated carbocycles. The van der Waals surface area contributed by atoms with Crippen molar-refractivity contribution in [2.75, 3.05) is 7.11 Å². The Balaban J connectivity index is 0.00000116. The van der Waals surface area contributed by atoms with Gasteiger partial charge in [0, 0.05) is 7.11 Å². The number of rotatable bonds is 5. The monoisotopic (exact) mass is 318 g/mol. The highest BCUT2D eigenvalue weighted by atomic mass is 31.0. The van der Waals surface area contributed by atoms with Gasteiger partial charge in [-0.15, -0.1) is 9.24 Å². The number of ether oxygens (including phenoxy) is 2. The van der Waals surface area contributed by atoms with Crippen LogP contribution in [-0.4, -0.2) is 7.11 Å². The van der Waals surface area contributed by atoms with E-state index in [0.29, 0.717) is 13.2 Å². The van der Waals surface area contributed by atoms with Gasteiger partial charge >= 0.3 is 0 Å². The quantitative estimate of drug-likeness (QED) is 0.753. The third-order valence-corrected chi connectivity index (χ3v) is 3.73. The van der Waals surface area contributed by atoms with E-state index < -0.39 is 0 Å². The lowest BCUT2D eigenvalue weighted by molar-refractivity contribution is 0.183. The molecule has 1 atom stereocenters. The van der Waals surface area contributed by atoms with Crippen LogP contribution in [0.3, 0.4) is 0 Å². The van der Waals surface area contributed by atoms with Crippen LogP contribution in [0.4, 0.5) is 0 Å². The Bertz CT molecular complexity index is 553. The van der Waals surface area contributed by atoms with E-state index in [9.17, 15) is 0 Å². The molecule has 3 heteroatoms. The molecule has 2 aromatic rings. The second-order valence-electron chi connectivity index (χ2n) is 5.00. The minimum absolute atomic E-state index is 0.591. The van der Waals surface area contributed by atoms with E-state index in [1.165, 1.54) is 27.6 Å². The molecule has 0 spiro atoms. The fourth-order valence-corrected chi connectivity index (χ4v) is 2.38. The third-order valence-electron chi connectivity index (χ3n) is 3.34. The van der Waals surface area contributed by atoms with Gasteiger partial charge in [0.25, 0.3) is 0 Å². The first-order chi connectivity index (χ1) is 10.6. The topological polar surface area (TPSA) is 18.5 Å². The van der Waals surface area contributed by atoms with Gasteiger partial charge in [-0.3, -0.25) is 0 Å². The van der Waals surface area contributed by atoms with Crippen LogP contribution in [0.15, 0.2) is 36.4 Å². The summed E-state index contributed by atoms with van der Waals surface area (Å²) in [5, 5.41) is 1.18. The van der Waals surface area contributed by atoms with Crippen molar-refractivity contribution in [1.82, 2.24) is 0 Å². The van der Waals surface area contributed by atoms with Gasteiger partial charge in [-0.2, -0.15) is 0 Å². The molecule has 0 bridgehead atoms. The summed E-state index contributed by atoms with van der Waals surface area (Å²) in [5.41, 5.74) is 4.84. The zero-order chi connectivity index (χ0) is 16.5. The largest absolute Gasteiger partial charge is 0.489 e. The second-order valence-corrected chi connectivity index (χ2v) is 5.67. The van der Waals surface area contributed by atoms with E-state index >= 15 is 0 Å². The lowest BCUT2D eigenvalue weighted by Gasteiger charge is -2.13. The maximum absolute atomic E-state index is 5.88. The van der Waals surface area contributed by atoms with Crippen LogP contribution in [0.5, 0.6) is 5.75 Å². The van der Waals surface area contributed by atoms with E-state index in [-0.39, 0.29) is 0 Å². The molecule has 0 fully saturated rings. The van der Waals surface area contributed by atoms with E-state index in [0.717, 1.165) is 5.75 Å². The summed E-state index contributed by atoms with van der Waals surface area (Å²) < 4.78 is 11.1. The number of methoxy groups -OCH3 is 1. The molecular weight excluding hydrogens is 291 g/mol. The third kappa shape index (κ3) is 5.44. The van der Waals surface area contributed by atoms with Crippen molar-refractivity contribution in [3.05, 3.63) is 58.7 Å². The van der Waals surface area contributed by atoms with Gasteiger partial charge in [0.2, 0.25) is 0 Å². The summed E-state index contributed by atoms with van der Waals surface area (Å²) in [6.07, 6.45) is 0. The summed E-state index contributed by atoms with van der Waals surface area (Å²) in [5.74, 6) is 0.912. The molecule has 2 rings (SSSR count). The van der Waals surface area contributed by atoms with Gasteiger partial charge in [-0.05, 0) is 53.5 Å². The van der Waals surface area contributed by atoms with Crippen molar-refractivity contribution in [1.29, 1.82) is 0 Å². The smallest absolute Gasteiger partial charge is 0.120 e. The molecule has 2 aromatic carbocycles. The fourth-order valence-electron chi connectivity index (χ4n) is 2.19. The van der Waals surface area contributed by atoms with Crippen LogP contribution < -0.4 is 10.0 Å². The first-order valence-electron chi connectivity index (χ1n) is 7.66. The van der Waals surface area contributed by atoms with Crippen molar-refractivity contribution in [3.8, 4) is 5.75 Å². The fraction of sp³-hybridized carbons (Fsp3) is 0.368. The summed E-state index contributed by atoms with van der Waals surface area (Å²) in [4.78, 5) is 0. The van der Waals surface area contributed by atoms with Gasteiger partial charge < -0.3 is 9.47 Å². The minimum Gasteiger partial charge on any atom is -0.489 e. The maximum atomic E-state index is 5.88. The van der Waals surface area contributed by atoms with Crippen molar-refractivity contribution >= 4 is 14.5 Å². The molecule has 0 aromatic heterocycles. The van der Waals surface area contributed by atoms with Crippen LogP contribution in [0.1, 0.15) is 36.1 Å². The highest BCUT2D eigenvalue weighted by molar-refractivity contribution is 7.27. The van der Waals surface area contributed by atoms with E-state index in [4.69, 9.17) is 9.47 Å². The Labute approximate surface area is 137 Å². The maximum Gasteiger partial charge on any atom is 0.120 e. The zero-order valence-electron chi connectivity index (χ0n) is 14.3. The SMILES string of the molecule is CC.COCc1c(C)cc(OCc2ccc(P)cc2)cc1C. The Morgan fingerprint density at radius 3 is 1.95 bits per heavy atom. The summed E-state index contributed by atoms with van der Waals surface area (Å²) in [6.45, 7) is 9.43. The highest BCUT2D eigenvalue weighted by Gasteiger charge is 2.06. The highest BCUT2D eigenvalue weighted by Crippen LogP contribution is 2.23. The summed E-state index contributed by atoms with van der Waals surface area (Å²) in [6, 6.07) is 12.5. The Hall–Kier alpha value is -1.37. The lowest BCUT2D eigenvalue weighted by Crippen LogP contribution is -2.01. The van der Waals surface area contributed by atoms with Gasteiger partial charge in [-0.25, -0.2) is 0 Å². The summed E-state index contributed by atoms with van der Waals surface area (Å²) >= 11 is 0. The molecular formula is C19H27O2P. The van der Waals surface area contributed by atoms with Crippen molar-refractivity contribution < 1.29 is 9.47 Å². The van der Waals surface area contributed by atoms with Crippen LogP contribution in [0, 0.1) is 13.8 Å². The van der Waals surface area contributed by atoms with Crippen LogP contribution >= 0.6 is 9.24 Å². The second kappa shape index (κ2) is 9.61. The molecule has 0 saturated heterocycles. The van der Waals surface area contributed by atoms with E-state index in [2.05, 4.69) is 59.5 Å². The van der Waals surface area contributed by atoms with Crippen molar-refractivity contribution in [2.24, 2.45) is 0 Å². The molecule has 0 heterocycles. The van der Waals surface area contributed by atoms with Gasteiger partial charge in [0.1, 0.15) is 12.4 Å². The molecule has 0 N–H and O–H groups in total. The van der Waals surface area contributed by atoms with Crippen LogP contribution in [0.2, 0.25) is 0 Å². The number of aryl methyl sites for hydroxylation is 2. The molecule has 0 radical (unpaired) electrons. The molecule has 0 amide bonds. The molecule has 22 heavy (non-hydrogen) atoms. The number of benzene rings is 2. The van der Waals surface area contributed by atoms with Crippen molar-refractivity contribution in [3.63, 3.8) is 0 Å². The average molecular weight is 318 g/mol. The molecule has 120 valence electrons. The van der Waals surface area contributed by atoms with Crippen molar-refractivity contribution in [2.45, 2.75) is 40.9 Å². The molecule has 0 aliphatic carbocycles. The minimum atomic E-state index is 0.591. The average Bonchev–Trinajstić information content (AvgIpc) is 2.52. The Morgan fingerprint density at radius 2 is 1.45 bits per heavy atom. The molecule has 1 unspecified atom stereocenters. The lowest BCUT2D eigenvalue weighted by atomic mass is 10.0. The zero-order valence-corrected chi connectivity index (χ0v) is 15.4. The van der Waals surface area contributed by atoms with Crippen LogP contribution in [0.25, 0.3) is 0 Å². The number of hydrogen-bond acceptors (Lipinski definition) is 2.